The molecule has 0 aromatic heterocycles. The number of rotatable bonds is 4. The lowest BCUT2D eigenvalue weighted by molar-refractivity contribution is 0.245. The standard InChI is InChI=1S/C12H25N3/c1-10(15-6-2-3-7-15)9-14-12-5-4-11(13)8-12/h10-12,14H,2-9,13H2,1H3. The predicted molar refractivity (Wildman–Crippen MR) is 63.9 cm³/mol. The molecule has 3 N–H and O–H groups in total. The fraction of sp³-hybridized carbons (Fsp3) is 1.00. The van der Waals surface area contributed by atoms with Crippen molar-refractivity contribution in [2.24, 2.45) is 5.73 Å². The minimum Gasteiger partial charge on any atom is -0.328 e. The number of hydrogen-bond acceptors (Lipinski definition) is 3. The second kappa shape index (κ2) is 5.28. The van der Waals surface area contributed by atoms with Crippen LogP contribution in [0.15, 0.2) is 0 Å². The van der Waals surface area contributed by atoms with Crippen LogP contribution in [0.2, 0.25) is 0 Å². The minimum absolute atomic E-state index is 0.449. The van der Waals surface area contributed by atoms with Gasteiger partial charge in [0.1, 0.15) is 0 Å². The molecule has 0 aromatic carbocycles. The molecular weight excluding hydrogens is 186 g/mol. The molecule has 2 aliphatic rings. The van der Waals surface area contributed by atoms with E-state index in [1.54, 1.807) is 0 Å². The lowest BCUT2D eigenvalue weighted by Gasteiger charge is -2.25. The van der Waals surface area contributed by atoms with Crippen LogP contribution >= 0.6 is 0 Å². The average molecular weight is 211 g/mol. The summed E-state index contributed by atoms with van der Waals surface area (Å²) in [6.45, 7) is 6.07. The summed E-state index contributed by atoms with van der Waals surface area (Å²) < 4.78 is 0. The Labute approximate surface area is 93.4 Å². The molecule has 1 aliphatic carbocycles. The van der Waals surface area contributed by atoms with E-state index in [1.165, 1.54) is 45.2 Å². The fourth-order valence-corrected chi connectivity index (χ4v) is 2.85. The van der Waals surface area contributed by atoms with Crippen LogP contribution in [0.3, 0.4) is 0 Å². The highest BCUT2D eigenvalue weighted by Crippen LogP contribution is 2.17. The molecule has 88 valence electrons. The van der Waals surface area contributed by atoms with Crippen molar-refractivity contribution in [2.75, 3.05) is 19.6 Å². The zero-order valence-corrected chi connectivity index (χ0v) is 9.91. The maximum Gasteiger partial charge on any atom is 0.0192 e. The van der Waals surface area contributed by atoms with Crippen molar-refractivity contribution < 1.29 is 0 Å². The number of nitrogens with zero attached hydrogens (tertiary/aromatic N) is 1. The summed E-state index contributed by atoms with van der Waals surface area (Å²) in [5.41, 5.74) is 5.90. The van der Waals surface area contributed by atoms with Crippen LogP contribution in [0.4, 0.5) is 0 Å². The van der Waals surface area contributed by atoms with Gasteiger partial charge >= 0.3 is 0 Å². The van der Waals surface area contributed by atoms with E-state index in [-0.39, 0.29) is 0 Å². The van der Waals surface area contributed by atoms with Crippen LogP contribution in [-0.2, 0) is 0 Å². The quantitative estimate of drug-likeness (QED) is 0.727. The van der Waals surface area contributed by atoms with Gasteiger partial charge in [-0.1, -0.05) is 0 Å². The smallest absolute Gasteiger partial charge is 0.0192 e. The molecule has 3 atom stereocenters. The molecule has 0 aromatic rings. The van der Waals surface area contributed by atoms with Gasteiger partial charge in [0, 0.05) is 24.7 Å². The Hall–Kier alpha value is -0.120. The highest BCUT2D eigenvalue weighted by Gasteiger charge is 2.23. The van der Waals surface area contributed by atoms with E-state index in [0.717, 1.165) is 6.54 Å². The number of nitrogens with two attached hydrogens (primary N) is 1. The van der Waals surface area contributed by atoms with Crippen LogP contribution in [0, 0.1) is 0 Å². The van der Waals surface area contributed by atoms with Gasteiger partial charge in [-0.05, 0) is 52.1 Å². The number of likely N-dealkylation sites (tertiary alicyclic amines) is 1. The van der Waals surface area contributed by atoms with Crippen molar-refractivity contribution in [2.45, 2.75) is 57.2 Å². The van der Waals surface area contributed by atoms with Gasteiger partial charge in [-0.2, -0.15) is 0 Å². The summed E-state index contributed by atoms with van der Waals surface area (Å²) in [6, 6.07) is 1.83. The van der Waals surface area contributed by atoms with Crippen molar-refractivity contribution >= 4 is 0 Å². The molecule has 3 unspecified atom stereocenters. The first kappa shape index (κ1) is 11.4. The van der Waals surface area contributed by atoms with Crippen molar-refractivity contribution in [1.29, 1.82) is 0 Å². The maximum atomic E-state index is 5.90. The van der Waals surface area contributed by atoms with Crippen LogP contribution in [-0.4, -0.2) is 42.7 Å². The first-order valence-electron chi connectivity index (χ1n) is 6.48. The first-order chi connectivity index (χ1) is 7.25. The molecule has 3 nitrogen and oxygen atoms in total. The molecule has 15 heavy (non-hydrogen) atoms. The molecule has 2 rings (SSSR count). The van der Waals surface area contributed by atoms with Gasteiger partial charge in [0.25, 0.3) is 0 Å². The third-order valence-electron chi connectivity index (χ3n) is 3.94. The Bertz CT molecular complexity index is 189. The Kier molecular flexibility index (Phi) is 4.00. The molecule has 1 saturated carbocycles. The van der Waals surface area contributed by atoms with Gasteiger partial charge < -0.3 is 11.1 Å². The van der Waals surface area contributed by atoms with Gasteiger partial charge in [-0.25, -0.2) is 0 Å². The molecule has 0 spiro atoms. The summed E-state index contributed by atoms with van der Waals surface area (Å²) in [5.74, 6) is 0. The van der Waals surface area contributed by atoms with Crippen LogP contribution in [0.5, 0.6) is 0 Å². The van der Waals surface area contributed by atoms with Crippen molar-refractivity contribution in [3.8, 4) is 0 Å². The SMILES string of the molecule is CC(CNC1CCC(N)C1)N1CCCC1. The Morgan fingerprint density at radius 1 is 1.33 bits per heavy atom. The molecule has 3 heteroatoms. The Morgan fingerprint density at radius 2 is 2.07 bits per heavy atom. The second-order valence-corrected chi connectivity index (χ2v) is 5.27. The van der Waals surface area contributed by atoms with E-state index < -0.39 is 0 Å². The third kappa shape index (κ3) is 3.16. The third-order valence-corrected chi connectivity index (χ3v) is 3.94. The van der Waals surface area contributed by atoms with Gasteiger partial charge in [0.05, 0.1) is 0 Å². The summed E-state index contributed by atoms with van der Waals surface area (Å²) in [7, 11) is 0. The van der Waals surface area contributed by atoms with Gasteiger partial charge in [0.15, 0.2) is 0 Å². The summed E-state index contributed by atoms with van der Waals surface area (Å²) >= 11 is 0. The summed E-state index contributed by atoms with van der Waals surface area (Å²) in [5, 5.41) is 3.67. The second-order valence-electron chi connectivity index (χ2n) is 5.27. The summed E-state index contributed by atoms with van der Waals surface area (Å²) in [6.07, 6.45) is 6.42. The van der Waals surface area contributed by atoms with E-state index in [9.17, 15) is 0 Å². The molecule has 1 saturated heterocycles. The van der Waals surface area contributed by atoms with Crippen LogP contribution in [0.1, 0.15) is 39.0 Å². The highest BCUT2D eigenvalue weighted by molar-refractivity contribution is 4.84. The first-order valence-corrected chi connectivity index (χ1v) is 6.48. The molecule has 0 bridgehead atoms. The normalized spacial score (nSPS) is 34.8. The molecule has 1 heterocycles. The van der Waals surface area contributed by atoms with E-state index in [1.807, 2.05) is 0 Å². The van der Waals surface area contributed by atoms with Gasteiger partial charge in [-0.3, -0.25) is 4.90 Å². The molecule has 0 amide bonds. The number of hydrogen-bond donors (Lipinski definition) is 2. The summed E-state index contributed by atoms with van der Waals surface area (Å²) in [4.78, 5) is 2.60. The zero-order chi connectivity index (χ0) is 10.7. The lowest BCUT2D eigenvalue weighted by atomic mass is 10.2. The van der Waals surface area contributed by atoms with E-state index >= 15 is 0 Å². The zero-order valence-electron chi connectivity index (χ0n) is 9.91. The van der Waals surface area contributed by atoms with Crippen molar-refractivity contribution in [3.05, 3.63) is 0 Å². The van der Waals surface area contributed by atoms with Crippen molar-refractivity contribution in [1.82, 2.24) is 10.2 Å². The van der Waals surface area contributed by atoms with E-state index in [0.29, 0.717) is 18.1 Å². The largest absolute Gasteiger partial charge is 0.328 e. The Balaban J connectivity index is 1.64. The minimum atomic E-state index is 0.449. The van der Waals surface area contributed by atoms with E-state index in [2.05, 4.69) is 17.1 Å². The molecule has 1 aliphatic heterocycles. The molecule has 0 radical (unpaired) electrons. The fourth-order valence-electron chi connectivity index (χ4n) is 2.85. The Morgan fingerprint density at radius 3 is 2.67 bits per heavy atom. The van der Waals surface area contributed by atoms with E-state index in [4.69, 9.17) is 5.73 Å². The average Bonchev–Trinajstić information content (AvgIpc) is 2.84. The lowest BCUT2D eigenvalue weighted by Crippen LogP contribution is -2.41. The van der Waals surface area contributed by atoms with Gasteiger partial charge in [-0.15, -0.1) is 0 Å². The van der Waals surface area contributed by atoms with Crippen LogP contribution in [0.25, 0.3) is 0 Å². The van der Waals surface area contributed by atoms with Gasteiger partial charge in [0.2, 0.25) is 0 Å². The van der Waals surface area contributed by atoms with Crippen LogP contribution < -0.4 is 11.1 Å². The number of nitrogens with one attached hydrogen (secondary N) is 1. The topological polar surface area (TPSA) is 41.3 Å². The van der Waals surface area contributed by atoms with Crippen molar-refractivity contribution in [3.63, 3.8) is 0 Å². The predicted octanol–water partition coefficient (Wildman–Crippen LogP) is 0.940. The molecule has 2 fully saturated rings. The highest BCUT2D eigenvalue weighted by atomic mass is 15.2. The maximum absolute atomic E-state index is 5.90. The molecular formula is C12H25N3. The monoisotopic (exact) mass is 211 g/mol.